The average molecular weight is 304 g/mol. The van der Waals surface area contributed by atoms with Gasteiger partial charge in [0.1, 0.15) is 0 Å². The van der Waals surface area contributed by atoms with Crippen LogP contribution in [0.2, 0.25) is 0 Å². The van der Waals surface area contributed by atoms with E-state index in [-0.39, 0.29) is 0 Å². The highest BCUT2D eigenvalue weighted by atomic mass is 16.4. The van der Waals surface area contributed by atoms with Crippen molar-refractivity contribution in [1.29, 1.82) is 0 Å². The summed E-state index contributed by atoms with van der Waals surface area (Å²) in [6.07, 6.45) is 9.56. The van der Waals surface area contributed by atoms with E-state index in [1.165, 1.54) is 19.3 Å². The third-order valence-corrected chi connectivity index (χ3v) is 2.17. The Kier molecular flexibility index (Phi) is 27.2. The third kappa shape index (κ3) is 45.8. The van der Waals surface area contributed by atoms with Crippen LogP contribution >= 0.6 is 0 Å². The summed E-state index contributed by atoms with van der Waals surface area (Å²) in [6, 6.07) is 0. The highest BCUT2D eigenvalue weighted by Gasteiger charge is 1.89. The minimum atomic E-state index is -0.981. The van der Waals surface area contributed by atoms with E-state index in [1.54, 1.807) is 0 Å². The average Bonchev–Trinajstić information content (AvgIpc) is 2.47. The molecule has 0 aromatic rings. The van der Waals surface area contributed by atoms with Crippen LogP contribution in [-0.2, 0) is 9.59 Å². The molecule has 0 aliphatic carbocycles. The molecular formula is C15H28O6. The summed E-state index contributed by atoms with van der Waals surface area (Å²) in [5.41, 5.74) is 0. The minimum Gasteiger partial charge on any atom is -0.478 e. The van der Waals surface area contributed by atoms with Gasteiger partial charge in [-0.2, -0.15) is 0 Å². The Morgan fingerprint density at radius 3 is 1.00 bits per heavy atom. The van der Waals surface area contributed by atoms with Gasteiger partial charge in [-0.1, -0.05) is 45.3 Å². The molecule has 0 aliphatic heterocycles. The van der Waals surface area contributed by atoms with E-state index >= 15 is 0 Å². The van der Waals surface area contributed by atoms with Crippen molar-refractivity contribution < 1.29 is 30.0 Å². The van der Waals surface area contributed by atoms with Gasteiger partial charge in [0.2, 0.25) is 0 Å². The number of aliphatic hydroxyl groups excluding tert-OH is 2. The van der Waals surface area contributed by atoms with E-state index in [4.69, 9.17) is 20.4 Å². The highest BCUT2D eigenvalue weighted by Crippen LogP contribution is 2.06. The molecule has 6 heteroatoms. The third-order valence-electron chi connectivity index (χ3n) is 2.17. The summed E-state index contributed by atoms with van der Waals surface area (Å²) in [7, 11) is 0. The van der Waals surface area contributed by atoms with Gasteiger partial charge in [-0.05, 0) is 12.8 Å². The Balaban J connectivity index is -0.000000270. The largest absolute Gasteiger partial charge is 0.478 e. The normalized spacial score (nSPS) is 8.48. The number of carboxylic acid groups (broad SMARTS) is 2. The zero-order chi connectivity index (χ0) is 16.9. The smallest absolute Gasteiger partial charge is 0.327 e. The second-order valence-corrected chi connectivity index (χ2v) is 4.01. The maximum Gasteiger partial charge on any atom is 0.327 e. The first-order valence-corrected chi connectivity index (χ1v) is 6.88. The van der Waals surface area contributed by atoms with E-state index in [9.17, 15) is 9.59 Å². The van der Waals surface area contributed by atoms with Crippen molar-refractivity contribution in [3.63, 3.8) is 0 Å². The van der Waals surface area contributed by atoms with Crippen LogP contribution in [0.3, 0.4) is 0 Å². The maximum absolute atomic E-state index is 9.25. The summed E-state index contributed by atoms with van der Waals surface area (Å²) >= 11 is 0. The molecule has 0 aromatic carbocycles. The molecule has 124 valence electrons. The molecule has 0 fully saturated rings. The van der Waals surface area contributed by atoms with Crippen LogP contribution in [-0.4, -0.2) is 45.6 Å². The highest BCUT2D eigenvalue weighted by molar-refractivity contribution is 5.79. The molecule has 0 aliphatic rings. The summed E-state index contributed by atoms with van der Waals surface area (Å²) < 4.78 is 0. The van der Waals surface area contributed by atoms with Gasteiger partial charge in [0, 0.05) is 25.4 Å². The molecule has 0 saturated heterocycles. The molecule has 6 nitrogen and oxygen atoms in total. The van der Waals surface area contributed by atoms with Gasteiger partial charge in [-0.15, -0.1) is 0 Å². The molecule has 0 unspecified atom stereocenters. The molecule has 0 amide bonds. The molecule has 0 aromatic heterocycles. The Morgan fingerprint density at radius 1 is 0.667 bits per heavy atom. The number of aliphatic carboxylic acids is 2. The Labute approximate surface area is 126 Å². The van der Waals surface area contributed by atoms with E-state index in [0.29, 0.717) is 13.2 Å². The number of carboxylic acids is 2. The monoisotopic (exact) mass is 304 g/mol. The van der Waals surface area contributed by atoms with Crippen LogP contribution in [0.5, 0.6) is 0 Å². The van der Waals surface area contributed by atoms with Crippen molar-refractivity contribution in [1.82, 2.24) is 0 Å². The van der Waals surface area contributed by atoms with Crippen LogP contribution in [0.1, 0.15) is 44.9 Å². The molecule has 0 spiro atoms. The molecule has 0 rings (SSSR count). The zero-order valence-corrected chi connectivity index (χ0v) is 12.5. The van der Waals surface area contributed by atoms with Gasteiger partial charge >= 0.3 is 11.9 Å². The number of hydrogen-bond acceptors (Lipinski definition) is 4. The van der Waals surface area contributed by atoms with E-state index in [2.05, 4.69) is 13.2 Å². The van der Waals surface area contributed by atoms with Gasteiger partial charge in [0.05, 0.1) is 0 Å². The molecule has 21 heavy (non-hydrogen) atoms. The fourth-order valence-corrected chi connectivity index (χ4v) is 1.11. The number of rotatable bonds is 10. The molecule has 0 saturated carbocycles. The van der Waals surface area contributed by atoms with Crippen molar-refractivity contribution in [3.8, 4) is 0 Å². The van der Waals surface area contributed by atoms with Crippen molar-refractivity contribution in [2.24, 2.45) is 0 Å². The van der Waals surface area contributed by atoms with Gasteiger partial charge in [-0.3, -0.25) is 0 Å². The van der Waals surface area contributed by atoms with Crippen molar-refractivity contribution in [3.05, 3.63) is 25.3 Å². The van der Waals surface area contributed by atoms with Crippen molar-refractivity contribution in [2.75, 3.05) is 13.2 Å². The summed E-state index contributed by atoms with van der Waals surface area (Å²) in [5, 5.41) is 32.2. The molecule has 0 heterocycles. The predicted molar refractivity (Wildman–Crippen MR) is 82.2 cm³/mol. The lowest BCUT2D eigenvalue weighted by molar-refractivity contribution is -0.132. The SMILES string of the molecule is C=CC(=O)O.C=CC(=O)O.OCCCCCCCCCO. The maximum atomic E-state index is 9.25. The van der Waals surface area contributed by atoms with Crippen molar-refractivity contribution >= 4 is 11.9 Å². The fourth-order valence-electron chi connectivity index (χ4n) is 1.11. The van der Waals surface area contributed by atoms with Crippen LogP contribution in [0.15, 0.2) is 25.3 Å². The quantitative estimate of drug-likeness (QED) is 0.363. The summed E-state index contributed by atoms with van der Waals surface area (Å²) in [5.74, 6) is -1.96. The van der Waals surface area contributed by atoms with E-state index < -0.39 is 11.9 Å². The van der Waals surface area contributed by atoms with Gasteiger partial charge in [0.25, 0.3) is 0 Å². The first kappa shape index (κ1) is 24.4. The summed E-state index contributed by atoms with van der Waals surface area (Å²) in [6.45, 7) is 6.58. The number of carbonyl (C=O) groups is 2. The molecule has 0 atom stereocenters. The first-order valence-electron chi connectivity index (χ1n) is 6.88. The molecule has 0 bridgehead atoms. The van der Waals surface area contributed by atoms with E-state index in [0.717, 1.165) is 37.8 Å². The van der Waals surface area contributed by atoms with Gasteiger partial charge < -0.3 is 20.4 Å². The fraction of sp³-hybridized carbons (Fsp3) is 0.600. The Morgan fingerprint density at radius 2 is 0.857 bits per heavy atom. The number of aliphatic hydroxyl groups is 2. The standard InChI is InChI=1S/C9H20O2.2C3H4O2/c10-8-6-4-2-1-3-5-7-9-11;2*1-2-3(4)5/h10-11H,1-9H2;2*2H,1H2,(H,4,5). The van der Waals surface area contributed by atoms with Gasteiger partial charge in [0.15, 0.2) is 0 Å². The van der Waals surface area contributed by atoms with Crippen LogP contribution in [0, 0.1) is 0 Å². The summed E-state index contributed by atoms with van der Waals surface area (Å²) in [4.78, 5) is 18.5. The van der Waals surface area contributed by atoms with Gasteiger partial charge in [-0.25, -0.2) is 9.59 Å². The molecular weight excluding hydrogens is 276 g/mol. The lowest BCUT2D eigenvalue weighted by Crippen LogP contribution is -1.85. The Bertz CT molecular complexity index is 237. The topological polar surface area (TPSA) is 115 Å². The second-order valence-electron chi connectivity index (χ2n) is 4.01. The lowest BCUT2D eigenvalue weighted by Gasteiger charge is -1.98. The first-order chi connectivity index (χ1) is 9.95. The van der Waals surface area contributed by atoms with Crippen LogP contribution < -0.4 is 0 Å². The minimum absolute atomic E-state index is 0.330. The van der Waals surface area contributed by atoms with Crippen LogP contribution in [0.25, 0.3) is 0 Å². The molecule has 4 N–H and O–H groups in total. The van der Waals surface area contributed by atoms with Crippen molar-refractivity contribution in [2.45, 2.75) is 44.9 Å². The van der Waals surface area contributed by atoms with Crippen LogP contribution in [0.4, 0.5) is 0 Å². The number of hydrogen-bond donors (Lipinski definition) is 4. The Hall–Kier alpha value is -1.66. The number of unbranched alkanes of at least 4 members (excludes halogenated alkanes) is 6. The predicted octanol–water partition coefficient (Wildman–Crippen LogP) is 2.22. The van der Waals surface area contributed by atoms with E-state index in [1.807, 2.05) is 0 Å². The molecule has 0 radical (unpaired) electrons. The zero-order valence-electron chi connectivity index (χ0n) is 12.5. The second kappa shape index (κ2) is 23.4. The lowest BCUT2D eigenvalue weighted by atomic mass is 10.1.